The minimum absolute atomic E-state index is 0.332. The molecular weight excluding hydrogens is 468 g/mol. The number of ether oxygens (including phenoxy) is 2. The van der Waals surface area contributed by atoms with Crippen LogP contribution in [0.3, 0.4) is 0 Å². The van der Waals surface area contributed by atoms with Crippen LogP contribution in [-0.2, 0) is 11.2 Å². The van der Waals surface area contributed by atoms with Crippen LogP contribution in [0.25, 0.3) is 0 Å². The number of carboxylic acids is 1. The van der Waals surface area contributed by atoms with E-state index in [4.69, 9.17) is 14.6 Å². The standard InChI is InChI=1S/C14H18Br2O4.C4H10N2/c1-4-8(14(17)18)5-6-9-10(15)7-11(19-2)13(20-3)12(9)16;1-2-6-4-3-5-1/h7-8H,4-6H2,1-3H3,(H,17,18);5-6H,1-4H2. The Hall–Kier alpha value is -0.830. The highest BCUT2D eigenvalue weighted by Crippen LogP contribution is 2.42. The summed E-state index contributed by atoms with van der Waals surface area (Å²) in [5.41, 5.74) is 0.988. The summed E-state index contributed by atoms with van der Waals surface area (Å²) in [5, 5.41) is 15.5. The maximum atomic E-state index is 11.1. The van der Waals surface area contributed by atoms with Gasteiger partial charge in [0.05, 0.1) is 24.6 Å². The summed E-state index contributed by atoms with van der Waals surface area (Å²) < 4.78 is 12.3. The average molecular weight is 496 g/mol. The van der Waals surface area contributed by atoms with Gasteiger partial charge in [0.15, 0.2) is 11.5 Å². The average Bonchev–Trinajstić information content (AvgIpc) is 2.65. The third-order valence-electron chi connectivity index (χ3n) is 4.20. The van der Waals surface area contributed by atoms with Gasteiger partial charge in [-0.1, -0.05) is 22.9 Å². The molecule has 26 heavy (non-hydrogen) atoms. The molecule has 0 aliphatic carbocycles. The molecule has 1 fully saturated rings. The molecule has 1 saturated heterocycles. The number of halogens is 2. The molecule has 6 nitrogen and oxygen atoms in total. The number of carbonyl (C=O) groups is 1. The lowest BCUT2D eigenvalue weighted by atomic mass is 9.97. The highest BCUT2D eigenvalue weighted by molar-refractivity contribution is 9.11. The Balaban J connectivity index is 0.000000472. The maximum absolute atomic E-state index is 11.1. The van der Waals surface area contributed by atoms with E-state index in [0.717, 1.165) is 40.7 Å². The van der Waals surface area contributed by atoms with Crippen LogP contribution in [-0.4, -0.2) is 51.5 Å². The minimum Gasteiger partial charge on any atom is -0.493 e. The molecule has 0 aromatic heterocycles. The molecule has 1 aromatic rings. The monoisotopic (exact) mass is 494 g/mol. The zero-order chi connectivity index (χ0) is 19.5. The predicted molar refractivity (Wildman–Crippen MR) is 110 cm³/mol. The van der Waals surface area contributed by atoms with E-state index in [1.807, 2.05) is 13.0 Å². The van der Waals surface area contributed by atoms with Crippen molar-refractivity contribution in [2.75, 3.05) is 40.4 Å². The van der Waals surface area contributed by atoms with Crippen molar-refractivity contribution in [1.82, 2.24) is 10.6 Å². The van der Waals surface area contributed by atoms with Crippen molar-refractivity contribution in [3.63, 3.8) is 0 Å². The summed E-state index contributed by atoms with van der Waals surface area (Å²) in [5.74, 6) is 0.163. The molecule has 8 heteroatoms. The summed E-state index contributed by atoms with van der Waals surface area (Å²) >= 11 is 7.01. The molecule has 1 unspecified atom stereocenters. The Bertz CT molecular complexity index is 569. The van der Waals surface area contributed by atoms with Gasteiger partial charge in [-0.2, -0.15) is 0 Å². The number of benzene rings is 1. The molecular formula is C18H28Br2N2O4. The van der Waals surface area contributed by atoms with Crippen LogP contribution in [0.2, 0.25) is 0 Å². The first kappa shape index (κ1) is 23.2. The van der Waals surface area contributed by atoms with Crippen molar-refractivity contribution < 1.29 is 19.4 Å². The molecule has 1 heterocycles. The third-order valence-corrected chi connectivity index (χ3v) is 5.75. The molecule has 0 radical (unpaired) electrons. The topological polar surface area (TPSA) is 79.8 Å². The summed E-state index contributed by atoms with van der Waals surface area (Å²) in [6.07, 6.45) is 1.85. The van der Waals surface area contributed by atoms with Crippen LogP contribution in [0, 0.1) is 5.92 Å². The molecule has 0 saturated carbocycles. The number of nitrogens with one attached hydrogen (secondary N) is 2. The first-order valence-corrected chi connectivity index (χ1v) is 10.3. The minimum atomic E-state index is -0.750. The highest BCUT2D eigenvalue weighted by Gasteiger charge is 2.20. The van der Waals surface area contributed by atoms with Crippen molar-refractivity contribution in [2.45, 2.75) is 26.2 Å². The fourth-order valence-electron chi connectivity index (χ4n) is 2.61. The number of hydrogen-bond acceptors (Lipinski definition) is 5. The lowest BCUT2D eigenvalue weighted by molar-refractivity contribution is -0.142. The second-order valence-electron chi connectivity index (χ2n) is 5.87. The number of hydrogen-bond donors (Lipinski definition) is 3. The Kier molecular flexibility index (Phi) is 11.2. The van der Waals surface area contributed by atoms with Crippen molar-refractivity contribution in [3.05, 3.63) is 20.6 Å². The van der Waals surface area contributed by atoms with E-state index in [-0.39, 0.29) is 5.92 Å². The lowest BCUT2D eigenvalue weighted by Crippen LogP contribution is -2.39. The first-order chi connectivity index (χ1) is 12.5. The van der Waals surface area contributed by atoms with Crippen LogP contribution in [0.15, 0.2) is 15.0 Å². The maximum Gasteiger partial charge on any atom is 0.306 e. The molecule has 1 aliphatic rings. The normalized spacial score (nSPS) is 14.8. The zero-order valence-electron chi connectivity index (χ0n) is 15.5. The Morgan fingerprint density at radius 2 is 1.77 bits per heavy atom. The van der Waals surface area contributed by atoms with Gasteiger partial charge >= 0.3 is 5.97 Å². The number of piperazine rings is 1. The highest BCUT2D eigenvalue weighted by atomic mass is 79.9. The van der Waals surface area contributed by atoms with Crippen molar-refractivity contribution >= 4 is 37.8 Å². The Labute approximate surface area is 172 Å². The van der Waals surface area contributed by atoms with E-state index in [0.29, 0.717) is 30.8 Å². The largest absolute Gasteiger partial charge is 0.493 e. The lowest BCUT2D eigenvalue weighted by Gasteiger charge is -2.16. The Morgan fingerprint density at radius 1 is 1.19 bits per heavy atom. The first-order valence-electron chi connectivity index (χ1n) is 8.69. The zero-order valence-corrected chi connectivity index (χ0v) is 18.7. The SMILES string of the molecule is C1CNCCN1.CCC(CCc1c(Br)cc(OC)c(OC)c1Br)C(=O)O. The number of aliphatic carboxylic acids is 1. The van der Waals surface area contributed by atoms with Gasteiger partial charge in [-0.05, 0) is 46.8 Å². The summed E-state index contributed by atoms with van der Waals surface area (Å²) in [7, 11) is 3.15. The second kappa shape index (κ2) is 12.5. The molecule has 3 N–H and O–H groups in total. The van der Waals surface area contributed by atoms with E-state index in [1.54, 1.807) is 14.2 Å². The molecule has 1 aromatic carbocycles. The van der Waals surface area contributed by atoms with Gasteiger partial charge < -0.3 is 25.2 Å². The summed E-state index contributed by atoms with van der Waals surface area (Å²) in [4.78, 5) is 11.1. The van der Waals surface area contributed by atoms with Gasteiger partial charge in [-0.15, -0.1) is 0 Å². The summed E-state index contributed by atoms with van der Waals surface area (Å²) in [6.45, 7) is 6.44. The van der Waals surface area contributed by atoms with Crippen molar-refractivity contribution in [2.24, 2.45) is 5.92 Å². The van der Waals surface area contributed by atoms with E-state index < -0.39 is 5.97 Å². The fourth-order valence-corrected chi connectivity index (χ4v) is 4.25. The summed E-state index contributed by atoms with van der Waals surface area (Å²) in [6, 6.07) is 1.83. The molecule has 1 atom stereocenters. The van der Waals surface area contributed by atoms with Gasteiger partial charge in [0, 0.05) is 30.7 Å². The molecule has 148 valence electrons. The molecule has 0 amide bonds. The van der Waals surface area contributed by atoms with Gasteiger partial charge in [-0.3, -0.25) is 4.79 Å². The fraction of sp³-hybridized carbons (Fsp3) is 0.611. The molecule has 2 rings (SSSR count). The quantitative estimate of drug-likeness (QED) is 0.537. The number of rotatable bonds is 7. The van der Waals surface area contributed by atoms with E-state index in [9.17, 15) is 4.79 Å². The van der Waals surface area contributed by atoms with Crippen LogP contribution < -0.4 is 20.1 Å². The van der Waals surface area contributed by atoms with Gasteiger partial charge in [0.25, 0.3) is 0 Å². The van der Waals surface area contributed by atoms with Crippen LogP contribution >= 0.6 is 31.9 Å². The molecule has 0 spiro atoms. The third kappa shape index (κ3) is 7.06. The Morgan fingerprint density at radius 3 is 2.15 bits per heavy atom. The van der Waals surface area contributed by atoms with Crippen LogP contribution in [0.1, 0.15) is 25.3 Å². The number of carboxylic acid groups (broad SMARTS) is 1. The van der Waals surface area contributed by atoms with E-state index >= 15 is 0 Å². The van der Waals surface area contributed by atoms with Crippen molar-refractivity contribution in [3.8, 4) is 11.5 Å². The molecule has 0 bridgehead atoms. The van der Waals surface area contributed by atoms with Crippen molar-refractivity contribution in [1.29, 1.82) is 0 Å². The van der Waals surface area contributed by atoms with Crippen LogP contribution in [0.4, 0.5) is 0 Å². The van der Waals surface area contributed by atoms with Crippen LogP contribution in [0.5, 0.6) is 11.5 Å². The number of methoxy groups -OCH3 is 2. The van der Waals surface area contributed by atoms with Gasteiger partial charge in [0.2, 0.25) is 0 Å². The van der Waals surface area contributed by atoms with E-state index in [1.165, 1.54) is 0 Å². The molecule has 1 aliphatic heterocycles. The van der Waals surface area contributed by atoms with Gasteiger partial charge in [0.1, 0.15) is 0 Å². The second-order valence-corrected chi connectivity index (χ2v) is 7.52. The van der Waals surface area contributed by atoms with Gasteiger partial charge in [-0.25, -0.2) is 0 Å². The smallest absolute Gasteiger partial charge is 0.306 e. The predicted octanol–water partition coefficient (Wildman–Crippen LogP) is 3.45. The van der Waals surface area contributed by atoms with E-state index in [2.05, 4.69) is 42.5 Å².